The zero-order valence-electron chi connectivity index (χ0n) is 14.2. The van der Waals surface area contributed by atoms with Crippen LogP contribution in [0.3, 0.4) is 0 Å². The van der Waals surface area contributed by atoms with Gasteiger partial charge in [0.15, 0.2) is 0 Å². The Labute approximate surface area is 153 Å². The van der Waals surface area contributed by atoms with Crippen molar-refractivity contribution in [3.05, 3.63) is 64.7 Å². The van der Waals surface area contributed by atoms with Gasteiger partial charge >= 0.3 is 0 Å². The molecule has 2 rings (SSSR count). The lowest BCUT2D eigenvalue weighted by Crippen LogP contribution is -2.38. The van der Waals surface area contributed by atoms with Crippen molar-refractivity contribution in [2.24, 2.45) is 0 Å². The van der Waals surface area contributed by atoms with Crippen LogP contribution in [0.4, 0.5) is 5.69 Å². The molecule has 0 unspecified atom stereocenters. The maximum Gasteiger partial charge on any atom is 0.251 e. The highest BCUT2D eigenvalue weighted by Crippen LogP contribution is 2.23. The molecule has 0 atom stereocenters. The first-order chi connectivity index (χ1) is 11.8. The number of aryl methyl sites for hydroxylation is 1. The van der Waals surface area contributed by atoms with Gasteiger partial charge in [-0.3, -0.25) is 9.10 Å². The third-order valence-corrected chi connectivity index (χ3v) is 5.18. The van der Waals surface area contributed by atoms with Gasteiger partial charge in [0.2, 0.25) is 10.0 Å². The summed E-state index contributed by atoms with van der Waals surface area (Å²) in [5, 5.41) is 3.29. The first-order valence-electron chi connectivity index (χ1n) is 7.92. The van der Waals surface area contributed by atoms with E-state index >= 15 is 0 Å². The van der Waals surface area contributed by atoms with Gasteiger partial charge in [-0.25, -0.2) is 8.42 Å². The summed E-state index contributed by atoms with van der Waals surface area (Å²) in [4.78, 5) is 12.1. The molecule has 0 bridgehead atoms. The molecule has 0 saturated carbocycles. The molecule has 0 heterocycles. The van der Waals surface area contributed by atoms with E-state index in [0.717, 1.165) is 12.0 Å². The SMILES string of the molecule is CCc1ccccc1N(CCNC(=O)c1ccc(Cl)cc1)S(C)(=O)=O. The molecule has 0 fully saturated rings. The maximum absolute atomic E-state index is 12.2. The number of nitrogens with one attached hydrogen (secondary N) is 1. The van der Waals surface area contributed by atoms with Crippen LogP contribution < -0.4 is 9.62 Å². The fourth-order valence-corrected chi connectivity index (χ4v) is 3.58. The smallest absolute Gasteiger partial charge is 0.251 e. The highest BCUT2D eigenvalue weighted by atomic mass is 35.5. The minimum Gasteiger partial charge on any atom is -0.350 e. The highest BCUT2D eigenvalue weighted by molar-refractivity contribution is 7.92. The second kappa shape index (κ2) is 8.36. The highest BCUT2D eigenvalue weighted by Gasteiger charge is 2.19. The standard InChI is InChI=1S/C18H21ClN2O3S/c1-3-14-6-4-5-7-17(14)21(25(2,23)24)13-12-20-18(22)15-8-10-16(19)11-9-15/h4-11H,3,12-13H2,1-2H3,(H,20,22). The number of carbonyl (C=O) groups is 1. The number of carbonyl (C=O) groups excluding carboxylic acids is 1. The zero-order valence-corrected chi connectivity index (χ0v) is 15.8. The molecule has 2 aromatic rings. The van der Waals surface area contributed by atoms with Crippen molar-refractivity contribution < 1.29 is 13.2 Å². The number of hydrogen-bond donors (Lipinski definition) is 1. The van der Waals surface area contributed by atoms with E-state index in [9.17, 15) is 13.2 Å². The topological polar surface area (TPSA) is 66.5 Å². The third-order valence-electron chi connectivity index (χ3n) is 3.75. The molecule has 0 aromatic heterocycles. The fraction of sp³-hybridized carbons (Fsp3) is 0.278. The molecular weight excluding hydrogens is 360 g/mol. The number of hydrogen-bond acceptors (Lipinski definition) is 3. The molecule has 0 radical (unpaired) electrons. The summed E-state index contributed by atoms with van der Waals surface area (Å²) in [6.07, 6.45) is 1.89. The molecule has 25 heavy (non-hydrogen) atoms. The van der Waals surface area contributed by atoms with E-state index in [4.69, 9.17) is 11.6 Å². The van der Waals surface area contributed by atoms with Crippen LogP contribution >= 0.6 is 11.6 Å². The van der Waals surface area contributed by atoms with E-state index in [1.807, 2.05) is 19.1 Å². The average Bonchev–Trinajstić information content (AvgIpc) is 2.58. The summed E-state index contributed by atoms with van der Waals surface area (Å²) in [7, 11) is -3.45. The van der Waals surface area contributed by atoms with Crippen LogP contribution in [0.5, 0.6) is 0 Å². The van der Waals surface area contributed by atoms with Gasteiger partial charge in [0, 0.05) is 17.1 Å². The Morgan fingerprint density at radius 3 is 2.36 bits per heavy atom. The average molecular weight is 381 g/mol. The Morgan fingerprint density at radius 2 is 1.76 bits per heavy atom. The number of rotatable bonds is 7. The number of amides is 1. The molecule has 1 amide bonds. The van der Waals surface area contributed by atoms with Crippen molar-refractivity contribution in [3.63, 3.8) is 0 Å². The van der Waals surface area contributed by atoms with E-state index in [2.05, 4.69) is 5.32 Å². The van der Waals surface area contributed by atoms with Gasteiger partial charge in [-0.2, -0.15) is 0 Å². The Kier molecular flexibility index (Phi) is 6.45. The van der Waals surface area contributed by atoms with E-state index in [1.54, 1.807) is 36.4 Å². The van der Waals surface area contributed by atoms with Crippen molar-refractivity contribution in [2.75, 3.05) is 23.7 Å². The lowest BCUT2D eigenvalue weighted by Gasteiger charge is -2.24. The minimum absolute atomic E-state index is 0.162. The lowest BCUT2D eigenvalue weighted by atomic mass is 10.1. The summed E-state index contributed by atoms with van der Waals surface area (Å²) in [6, 6.07) is 13.9. The number of halogens is 1. The van der Waals surface area contributed by atoms with Gasteiger partial charge < -0.3 is 5.32 Å². The third kappa shape index (κ3) is 5.21. The molecule has 0 spiro atoms. The minimum atomic E-state index is -3.45. The van der Waals surface area contributed by atoms with Crippen LogP contribution in [0.2, 0.25) is 5.02 Å². The number of benzene rings is 2. The van der Waals surface area contributed by atoms with Crippen molar-refractivity contribution in [1.29, 1.82) is 0 Å². The van der Waals surface area contributed by atoms with Gasteiger partial charge in [0.25, 0.3) is 5.91 Å². The second-order valence-electron chi connectivity index (χ2n) is 5.58. The van der Waals surface area contributed by atoms with Gasteiger partial charge in [-0.15, -0.1) is 0 Å². The Morgan fingerprint density at radius 1 is 1.12 bits per heavy atom. The Balaban J connectivity index is 2.09. The van der Waals surface area contributed by atoms with E-state index in [1.165, 1.54) is 10.6 Å². The second-order valence-corrected chi connectivity index (χ2v) is 7.92. The van der Waals surface area contributed by atoms with Crippen molar-refractivity contribution in [1.82, 2.24) is 5.32 Å². The molecule has 1 N–H and O–H groups in total. The normalized spacial score (nSPS) is 11.2. The molecule has 0 saturated heterocycles. The van der Waals surface area contributed by atoms with Crippen molar-refractivity contribution in [2.45, 2.75) is 13.3 Å². The largest absolute Gasteiger partial charge is 0.350 e. The number of sulfonamides is 1. The molecule has 0 aliphatic heterocycles. The summed E-state index contributed by atoms with van der Waals surface area (Å²) in [5.41, 5.74) is 2.06. The number of para-hydroxylation sites is 1. The molecular formula is C18H21ClN2O3S. The summed E-state index contributed by atoms with van der Waals surface area (Å²) < 4.78 is 25.7. The summed E-state index contributed by atoms with van der Waals surface area (Å²) in [6.45, 7) is 2.34. The maximum atomic E-state index is 12.2. The summed E-state index contributed by atoms with van der Waals surface area (Å²) >= 11 is 5.80. The van der Waals surface area contributed by atoms with E-state index < -0.39 is 10.0 Å². The fourth-order valence-electron chi connectivity index (χ4n) is 2.49. The number of anilines is 1. The predicted octanol–water partition coefficient (Wildman–Crippen LogP) is 3.10. The van der Waals surface area contributed by atoms with Crippen LogP contribution in [-0.2, 0) is 16.4 Å². The van der Waals surface area contributed by atoms with Crippen LogP contribution in [-0.4, -0.2) is 33.7 Å². The quantitative estimate of drug-likeness (QED) is 0.802. The van der Waals surface area contributed by atoms with Gasteiger partial charge in [-0.05, 0) is 42.3 Å². The molecule has 5 nitrogen and oxygen atoms in total. The van der Waals surface area contributed by atoms with Crippen molar-refractivity contribution >= 4 is 33.2 Å². The predicted molar refractivity (Wildman–Crippen MR) is 102 cm³/mol. The molecule has 0 aliphatic rings. The van der Waals surface area contributed by atoms with E-state index in [-0.39, 0.29) is 19.0 Å². The lowest BCUT2D eigenvalue weighted by molar-refractivity contribution is 0.0955. The molecule has 134 valence electrons. The van der Waals surface area contributed by atoms with Gasteiger partial charge in [-0.1, -0.05) is 36.7 Å². The van der Waals surface area contributed by atoms with E-state index in [0.29, 0.717) is 16.3 Å². The molecule has 2 aromatic carbocycles. The summed E-state index contributed by atoms with van der Waals surface area (Å²) in [5.74, 6) is -0.270. The van der Waals surface area contributed by atoms with Crippen molar-refractivity contribution in [3.8, 4) is 0 Å². The van der Waals surface area contributed by atoms with Crippen LogP contribution in [0.1, 0.15) is 22.8 Å². The monoisotopic (exact) mass is 380 g/mol. The zero-order chi connectivity index (χ0) is 18.4. The molecule has 7 heteroatoms. The van der Waals surface area contributed by atoms with Gasteiger partial charge in [0.05, 0.1) is 18.5 Å². The van der Waals surface area contributed by atoms with Crippen LogP contribution in [0.25, 0.3) is 0 Å². The Bertz CT molecular complexity index is 836. The number of nitrogens with zero attached hydrogens (tertiary/aromatic N) is 1. The first kappa shape index (κ1) is 19.3. The Hall–Kier alpha value is -2.05. The van der Waals surface area contributed by atoms with Gasteiger partial charge in [0.1, 0.15) is 0 Å². The molecule has 0 aliphatic carbocycles. The van der Waals surface area contributed by atoms with Crippen LogP contribution in [0.15, 0.2) is 48.5 Å². The van der Waals surface area contributed by atoms with Crippen LogP contribution in [0, 0.1) is 0 Å². The first-order valence-corrected chi connectivity index (χ1v) is 10.1.